The smallest absolute Gasteiger partial charge is 0.250 e. The van der Waals surface area contributed by atoms with E-state index in [0.717, 1.165) is 27.7 Å². The van der Waals surface area contributed by atoms with Gasteiger partial charge in [-0.2, -0.15) is 20.1 Å². The van der Waals surface area contributed by atoms with Crippen molar-refractivity contribution < 1.29 is 5.11 Å². The van der Waals surface area contributed by atoms with Crippen molar-refractivity contribution in [3.8, 4) is 0 Å². The highest BCUT2D eigenvalue weighted by atomic mass is 16.3. The standard InChI is InChI=1S/C21H22N8O/c1-14-6-8-16(9-7-14)25-20-26-19(22-10-11-30)27-21(28-20)29-24-13-15-12-23-18-5-3-2-4-17(15)18/h2-9,12-13,23,30H,10-11H2,1H3,(H3,22,25,26,27,28,29). The molecule has 4 rings (SSSR count). The highest BCUT2D eigenvalue weighted by molar-refractivity contribution is 5.99. The molecule has 30 heavy (non-hydrogen) atoms. The van der Waals surface area contributed by atoms with Crippen molar-refractivity contribution in [2.45, 2.75) is 6.92 Å². The molecule has 0 amide bonds. The summed E-state index contributed by atoms with van der Waals surface area (Å²) in [6.45, 7) is 2.32. The van der Waals surface area contributed by atoms with Gasteiger partial charge in [0.25, 0.3) is 0 Å². The number of hydrogen-bond acceptors (Lipinski definition) is 8. The fraction of sp³-hybridized carbons (Fsp3) is 0.143. The first-order valence-corrected chi connectivity index (χ1v) is 9.51. The molecule has 0 saturated heterocycles. The van der Waals surface area contributed by atoms with Gasteiger partial charge < -0.3 is 20.7 Å². The monoisotopic (exact) mass is 402 g/mol. The van der Waals surface area contributed by atoms with Gasteiger partial charge in [0.1, 0.15) is 0 Å². The molecule has 5 N–H and O–H groups in total. The average Bonchev–Trinajstić information content (AvgIpc) is 3.17. The van der Waals surface area contributed by atoms with Crippen LogP contribution in [0.5, 0.6) is 0 Å². The number of aromatic nitrogens is 4. The third-order valence-electron chi connectivity index (χ3n) is 4.33. The fourth-order valence-electron chi connectivity index (χ4n) is 2.85. The first-order chi connectivity index (χ1) is 14.7. The van der Waals surface area contributed by atoms with Gasteiger partial charge in [-0.1, -0.05) is 35.9 Å². The number of nitrogens with one attached hydrogen (secondary N) is 4. The molecule has 0 atom stereocenters. The number of H-pyrrole nitrogens is 1. The van der Waals surface area contributed by atoms with Gasteiger partial charge in [-0.25, -0.2) is 5.43 Å². The van der Waals surface area contributed by atoms with E-state index in [1.54, 1.807) is 6.21 Å². The molecule has 0 unspecified atom stereocenters. The lowest BCUT2D eigenvalue weighted by Gasteiger charge is -2.09. The Morgan fingerprint density at radius 2 is 1.77 bits per heavy atom. The lowest BCUT2D eigenvalue weighted by atomic mass is 10.2. The molecule has 2 aromatic heterocycles. The van der Waals surface area contributed by atoms with Crippen LogP contribution in [0.15, 0.2) is 59.8 Å². The van der Waals surface area contributed by atoms with Gasteiger partial charge in [-0.15, -0.1) is 0 Å². The second kappa shape index (κ2) is 9.01. The van der Waals surface area contributed by atoms with Crippen LogP contribution in [-0.4, -0.2) is 44.4 Å². The van der Waals surface area contributed by atoms with Gasteiger partial charge in [0, 0.05) is 34.9 Å². The normalized spacial score (nSPS) is 11.1. The van der Waals surface area contributed by atoms with Crippen molar-refractivity contribution in [2.24, 2.45) is 5.10 Å². The number of para-hydroxylation sites is 1. The van der Waals surface area contributed by atoms with Crippen LogP contribution in [0.1, 0.15) is 11.1 Å². The minimum Gasteiger partial charge on any atom is -0.395 e. The number of nitrogens with zero attached hydrogens (tertiary/aromatic N) is 4. The number of hydrogen-bond donors (Lipinski definition) is 5. The molecule has 0 spiro atoms. The molecule has 0 fully saturated rings. The predicted octanol–water partition coefficient (Wildman–Crippen LogP) is 3.26. The summed E-state index contributed by atoms with van der Waals surface area (Å²) in [6, 6.07) is 15.9. The van der Waals surface area contributed by atoms with E-state index in [1.807, 2.05) is 61.7 Å². The van der Waals surface area contributed by atoms with E-state index in [4.69, 9.17) is 5.11 Å². The Balaban J connectivity index is 1.54. The van der Waals surface area contributed by atoms with E-state index < -0.39 is 0 Å². The third kappa shape index (κ3) is 4.70. The van der Waals surface area contributed by atoms with E-state index in [0.29, 0.717) is 18.4 Å². The summed E-state index contributed by atoms with van der Waals surface area (Å²) in [7, 11) is 0. The first kappa shape index (κ1) is 19.3. The zero-order valence-corrected chi connectivity index (χ0v) is 16.4. The van der Waals surface area contributed by atoms with Gasteiger partial charge in [-0.3, -0.25) is 0 Å². The average molecular weight is 402 g/mol. The van der Waals surface area contributed by atoms with Crippen LogP contribution in [-0.2, 0) is 0 Å². The van der Waals surface area contributed by atoms with Crippen LogP contribution in [0.3, 0.4) is 0 Å². The summed E-state index contributed by atoms with van der Waals surface area (Å²) >= 11 is 0. The molecule has 9 nitrogen and oxygen atoms in total. The molecule has 4 aromatic rings. The van der Waals surface area contributed by atoms with Gasteiger partial charge in [-0.05, 0) is 25.1 Å². The molecule has 0 saturated carbocycles. The van der Waals surface area contributed by atoms with E-state index in [1.165, 1.54) is 0 Å². The summed E-state index contributed by atoms with van der Waals surface area (Å²) in [5.74, 6) is 0.966. The lowest BCUT2D eigenvalue weighted by molar-refractivity contribution is 0.311. The Morgan fingerprint density at radius 3 is 2.60 bits per heavy atom. The second-order valence-electron chi connectivity index (χ2n) is 6.61. The highest BCUT2D eigenvalue weighted by Gasteiger charge is 2.07. The summed E-state index contributed by atoms with van der Waals surface area (Å²) in [6.07, 6.45) is 3.60. The number of hydrazone groups is 1. The molecule has 2 heterocycles. The number of fused-ring (bicyclic) bond motifs is 1. The molecule has 152 valence electrons. The van der Waals surface area contributed by atoms with Crippen LogP contribution in [0.25, 0.3) is 10.9 Å². The Bertz CT molecular complexity index is 1150. The highest BCUT2D eigenvalue weighted by Crippen LogP contribution is 2.17. The molecule has 0 radical (unpaired) electrons. The number of anilines is 4. The van der Waals surface area contributed by atoms with E-state index in [2.05, 4.69) is 41.1 Å². The van der Waals surface area contributed by atoms with E-state index in [-0.39, 0.29) is 12.6 Å². The fourth-order valence-corrected chi connectivity index (χ4v) is 2.85. The largest absolute Gasteiger partial charge is 0.395 e. The summed E-state index contributed by atoms with van der Waals surface area (Å²) in [5, 5.41) is 20.5. The van der Waals surface area contributed by atoms with Gasteiger partial charge >= 0.3 is 0 Å². The first-order valence-electron chi connectivity index (χ1n) is 9.51. The van der Waals surface area contributed by atoms with Gasteiger partial charge in [0.2, 0.25) is 17.8 Å². The molecule has 0 aliphatic carbocycles. The van der Waals surface area contributed by atoms with E-state index in [9.17, 15) is 0 Å². The van der Waals surface area contributed by atoms with Crippen molar-refractivity contribution in [3.63, 3.8) is 0 Å². The minimum atomic E-state index is -0.0338. The second-order valence-corrected chi connectivity index (χ2v) is 6.61. The SMILES string of the molecule is Cc1ccc(Nc2nc(NCCO)nc(NN=Cc3c[nH]c4ccccc34)n2)cc1. The Kier molecular flexibility index (Phi) is 5.81. The molecule has 0 aliphatic heterocycles. The van der Waals surface area contributed by atoms with Crippen molar-refractivity contribution >= 4 is 40.6 Å². The number of aromatic amines is 1. The van der Waals surface area contributed by atoms with Crippen LogP contribution in [0.4, 0.5) is 23.5 Å². The zero-order valence-electron chi connectivity index (χ0n) is 16.4. The predicted molar refractivity (Wildman–Crippen MR) is 119 cm³/mol. The van der Waals surface area contributed by atoms with Crippen LogP contribution >= 0.6 is 0 Å². The third-order valence-corrected chi connectivity index (χ3v) is 4.33. The molecule has 0 bridgehead atoms. The minimum absolute atomic E-state index is 0.0338. The van der Waals surface area contributed by atoms with E-state index >= 15 is 0 Å². The zero-order chi connectivity index (χ0) is 20.8. The Labute approximate surface area is 173 Å². The Morgan fingerprint density at radius 1 is 1.00 bits per heavy atom. The van der Waals surface area contributed by atoms with Crippen molar-refractivity contribution in [3.05, 3.63) is 65.9 Å². The number of rotatable bonds is 8. The van der Waals surface area contributed by atoms with Gasteiger partial charge in [0.05, 0.1) is 12.8 Å². The molecule has 2 aromatic carbocycles. The quantitative estimate of drug-likeness (QED) is 0.226. The maximum atomic E-state index is 9.07. The number of aryl methyl sites for hydroxylation is 1. The maximum Gasteiger partial charge on any atom is 0.250 e. The number of benzene rings is 2. The number of aliphatic hydroxyl groups excluding tert-OH is 1. The lowest BCUT2D eigenvalue weighted by Crippen LogP contribution is -2.12. The van der Waals surface area contributed by atoms with Crippen molar-refractivity contribution in [1.29, 1.82) is 0 Å². The topological polar surface area (TPSA) is 123 Å². The van der Waals surface area contributed by atoms with Crippen LogP contribution in [0.2, 0.25) is 0 Å². The van der Waals surface area contributed by atoms with Gasteiger partial charge in [0.15, 0.2) is 0 Å². The Hall–Kier alpha value is -3.98. The molecular weight excluding hydrogens is 380 g/mol. The van der Waals surface area contributed by atoms with Crippen molar-refractivity contribution in [2.75, 3.05) is 29.2 Å². The summed E-state index contributed by atoms with van der Waals surface area (Å²) in [4.78, 5) is 16.2. The molecule has 0 aliphatic rings. The van der Waals surface area contributed by atoms with Crippen LogP contribution < -0.4 is 16.1 Å². The summed E-state index contributed by atoms with van der Waals surface area (Å²) < 4.78 is 0. The summed E-state index contributed by atoms with van der Waals surface area (Å²) in [5.41, 5.74) is 6.86. The molecule has 9 heteroatoms. The van der Waals surface area contributed by atoms with Crippen LogP contribution in [0, 0.1) is 6.92 Å². The van der Waals surface area contributed by atoms with Crippen molar-refractivity contribution in [1.82, 2.24) is 19.9 Å². The maximum absolute atomic E-state index is 9.07. The number of aliphatic hydroxyl groups is 1. The molecular formula is C21H22N8O.